The Morgan fingerprint density at radius 1 is 1.33 bits per heavy atom. The predicted octanol–water partition coefficient (Wildman–Crippen LogP) is 2.00. The van der Waals surface area contributed by atoms with Gasteiger partial charge in [-0.05, 0) is 18.9 Å². The number of methoxy groups -OCH3 is 1. The maximum Gasteiger partial charge on any atom is 0.215 e. The van der Waals surface area contributed by atoms with Crippen LogP contribution in [-0.2, 0) is 6.54 Å². The number of H-pyrrole nitrogens is 1. The first-order chi connectivity index (χ1) is 8.85. The summed E-state index contributed by atoms with van der Waals surface area (Å²) in [6, 6.07) is 4.45. The van der Waals surface area contributed by atoms with Crippen LogP contribution in [0.1, 0.15) is 31.5 Å². The van der Waals surface area contributed by atoms with Gasteiger partial charge in [-0.2, -0.15) is 4.98 Å². The minimum Gasteiger partial charge on any atom is -0.481 e. The molecule has 1 aliphatic rings. The van der Waals surface area contributed by atoms with Gasteiger partial charge >= 0.3 is 0 Å². The highest BCUT2D eigenvalue weighted by molar-refractivity contribution is 5.71. The molecule has 2 aromatic heterocycles. The van der Waals surface area contributed by atoms with Gasteiger partial charge in [0.2, 0.25) is 5.88 Å². The average molecular weight is 246 g/mol. The molecule has 18 heavy (non-hydrogen) atoms. The first-order valence-corrected chi connectivity index (χ1v) is 6.48. The molecule has 0 radical (unpaired) electrons. The number of nitrogens with one attached hydrogen (secondary N) is 2. The summed E-state index contributed by atoms with van der Waals surface area (Å²) in [5.74, 6) is 1.54. The minimum atomic E-state index is 0.601. The smallest absolute Gasteiger partial charge is 0.215 e. The lowest BCUT2D eigenvalue weighted by Gasteiger charge is -2.09. The monoisotopic (exact) mass is 246 g/mol. The Labute approximate surface area is 106 Å². The molecule has 0 aliphatic heterocycles. The number of aromatic nitrogens is 3. The van der Waals surface area contributed by atoms with Crippen LogP contribution in [0.2, 0.25) is 0 Å². The van der Waals surface area contributed by atoms with Gasteiger partial charge in [0.05, 0.1) is 19.2 Å². The average Bonchev–Trinajstić information content (AvgIpc) is 3.04. The second kappa shape index (κ2) is 4.94. The van der Waals surface area contributed by atoms with E-state index < -0.39 is 0 Å². The lowest BCUT2D eigenvalue weighted by Crippen LogP contribution is -2.25. The van der Waals surface area contributed by atoms with Crippen molar-refractivity contribution in [1.29, 1.82) is 0 Å². The van der Waals surface area contributed by atoms with Crippen LogP contribution in [0.15, 0.2) is 12.1 Å². The Bertz CT molecular complexity index is 531. The van der Waals surface area contributed by atoms with Crippen molar-refractivity contribution in [3.63, 3.8) is 0 Å². The molecule has 0 saturated heterocycles. The molecule has 2 aromatic rings. The van der Waals surface area contributed by atoms with Gasteiger partial charge in [0.15, 0.2) is 5.65 Å². The van der Waals surface area contributed by atoms with E-state index in [1.54, 1.807) is 7.11 Å². The van der Waals surface area contributed by atoms with Crippen LogP contribution in [0.5, 0.6) is 5.88 Å². The van der Waals surface area contributed by atoms with E-state index in [9.17, 15) is 0 Å². The van der Waals surface area contributed by atoms with E-state index in [0.717, 1.165) is 23.5 Å². The molecule has 0 spiro atoms. The molecule has 0 atom stereocenters. The van der Waals surface area contributed by atoms with E-state index in [1.165, 1.54) is 25.7 Å². The molecule has 0 amide bonds. The standard InChI is InChI=1S/C13H18N4O/c1-18-12-7-6-10-13(17-12)16-11(15-10)8-14-9-4-2-3-5-9/h6-7,9,14H,2-5,8H2,1H3,(H,15,16,17). The summed E-state index contributed by atoms with van der Waals surface area (Å²) in [5.41, 5.74) is 1.68. The summed E-state index contributed by atoms with van der Waals surface area (Å²) < 4.78 is 5.09. The number of nitrogens with zero attached hydrogens (tertiary/aromatic N) is 2. The van der Waals surface area contributed by atoms with Crippen LogP contribution in [0.25, 0.3) is 11.2 Å². The van der Waals surface area contributed by atoms with Crippen LogP contribution in [0.4, 0.5) is 0 Å². The SMILES string of the molecule is COc1ccc2[nH]c(CNC3CCCC3)nc2n1. The Morgan fingerprint density at radius 3 is 2.94 bits per heavy atom. The Kier molecular flexibility index (Phi) is 3.15. The molecule has 2 N–H and O–H groups in total. The molecule has 3 rings (SSSR count). The maximum atomic E-state index is 5.09. The number of hydrogen-bond donors (Lipinski definition) is 2. The fourth-order valence-corrected chi connectivity index (χ4v) is 2.49. The van der Waals surface area contributed by atoms with Crippen molar-refractivity contribution in [2.75, 3.05) is 7.11 Å². The van der Waals surface area contributed by atoms with Crippen molar-refractivity contribution in [3.8, 4) is 5.88 Å². The van der Waals surface area contributed by atoms with Crippen molar-refractivity contribution < 1.29 is 4.74 Å². The van der Waals surface area contributed by atoms with Crippen molar-refractivity contribution in [3.05, 3.63) is 18.0 Å². The molecule has 0 aromatic carbocycles. The zero-order chi connectivity index (χ0) is 12.4. The number of fused-ring (bicyclic) bond motifs is 1. The summed E-state index contributed by atoms with van der Waals surface area (Å²) in [4.78, 5) is 12.1. The highest BCUT2D eigenvalue weighted by Gasteiger charge is 2.14. The lowest BCUT2D eigenvalue weighted by atomic mass is 10.2. The largest absolute Gasteiger partial charge is 0.481 e. The summed E-state index contributed by atoms with van der Waals surface area (Å²) in [5, 5.41) is 3.53. The number of hydrogen-bond acceptors (Lipinski definition) is 4. The van der Waals surface area contributed by atoms with Gasteiger partial charge in [-0.3, -0.25) is 0 Å². The molecule has 1 saturated carbocycles. The van der Waals surface area contributed by atoms with E-state index >= 15 is 0 Å². The molecule has 96 valence electrons. The Hall–Kier alpha value is -1.62. The van der Waals surface area contributed by atoms with Gasteiger partial charge in [-0.25, -0.2) is 4.98 Å². The second-order valence-corrected chi connectivity index (χ2v) is 4.77. The quantitative estimate of drug-likeness (QED) is 0.866. The van der Waals surface area contributed by atoms with Crippen molar-refractivity contribution in [1.82, 2.24) is 20.3 Å². The van der Waals surface area contributed by atoms with E-state index in [2.05, 4.69) is 20.3 Å². The van der Waals surface area contributed by atoms with Crippen molar-refractivity contribution in [2.45, 2.75) is 38.3 Å². The van der Waals surface area contributed by atoms with E-state index in [4.69, 9.17) is 4.74 Å². The lowest BCUT2D eigenvalue weighted by molar-refractivity contribution is 0.399. The van der Waals surface area contributed by atoms with E-state index in [1.807, 2.05) is 12.1 Å². The number of imidazole rings is 1. The summed E-state index contributed by atoms with van der Waals surface area (Å²) in [6.07, 6.45) is 5.26. The molecular weight excluding hydrogens is 228 g/mol. The molecule has 2 heterocycles. The molecule has 5 heteroatoms. The zero-order valence-corrected chi connectivity index (χ0v) is 10.6. The van der Waals surface area contributed by atoms with Gasteiger partial charge in [-0.1, -0.05) is 12.8 Å². The third kappa shape index (κ3) is 2.31. The first kappa shape index (κ1) is 11.5. The Balaban J connectivity index is 1.72. The maximum absolute atomic E-state index is 5.09. The van der Waals surface area contributed by atoms with Crippen LogP contribution in [-0.4, -0.2) is 28.1 Å². The van der Waals surface area contributed by atoms with Crippen LogP contribution >= 0.6 is 0 Å². The van der Waals surface area contributed by atoms with E-state index in [-0.39, 0.29) is 0 Å². The van der Waals surface area contributed by atoms with Crippen molar-refractivity contribution >= 4 is 11.2 Å². The van der Waals surface area contributed by atoms with Crippen LogP contribution in [0, 0.1) is 0 Å². The number of ether oxygens (including phenoxy) is 1. The van der Waals surface area contributed by atoms with Crippen LogP contribution in [0.3, 0.4) is 0 Å². The Morgan fingerprint density at radius 2 is 2.17 bits per heavy atom. The van der Waals surface area contributed by atoms with Crippen LogP contribution < -0.4 is 10.1 Å². The first-order valence-electron chi connectivity index (χ1n) is 6.48. The van der Waals surface area contributed by atoms with Crippen molar-refractivity contribution in [2.24, 2.45) is 0 Å². The molecule has 1 fully saturated rings. The summed E-state index contributed by atoms with van der Waals surface area (Å²) in [7, 11) is 1.61. The minimum absolute atomic E-state index is 0.601. The fourth-order valence-electron chi connectivity index (χ4n) is 2.49. The number of pyridine rings is 1. The van der Waals surface area contributed by atoms with E-state index in [0.29, 0.717) is 11.9 Å². The molecule has 5 nitrogen and oxygen atoms in total. The topological polar surface area (TPSA) is 62.8 Å². The number of aromatic amines is 1. The summed E-state index contributed by atoms with van der Waals surface area (Å²) in [6.45, 7) is 0.781. The zero-order valence-electron chi connectivity index (χ0n) is 10.6. The highest BCUT2D eigenvalue weighted by atomic mass is 16.5. The molecular formula is C13H18N4O. The third-order valence-electron chi connectivity index (χ3n) is 3.49. The number of rotatable bonds is 4. The van der Waals surface area contributed by atoms with Gasteiger partial charge < -0.3 is 15.0 Å². The second-order valence-electron chi connectivity index (χ2n) is 4.77. The molecule has 1 aliphatic carbocycles. The molecule has 0 bridgehead atoms. The summed E-state index contributed by atoms with van der Waals surface area (Å²) >= 11 is 0. The van der Waals surface area contributed by atoms with Gasteiger partial charge in [0, 0.05) is 12.1 Å². The van der Waals surface area contributed by atoms with Gasteiger partial charge in [0.25, 0.3) is 0 Å². The van der Waals surface area contributed by atoms with Gasteiger partial charge in [-0.15, -0.1) is 0 Å². The van der Waals surface area contributed by atoms with Gasteiger partial charge in [0.1, 0.15) is 5.82 Å². The highest BCUT2D eigenvalue weighted by Crippen LogP contribution is 2.18. The fraction of sp³-hybridized carbons (Fsp3) is 0.538. The third-order valence-corrected chi connectivity index (χ3v) is 3.49. The predicted molar refractivity (Wildman–Crippen MR) is 69.5 cm³/mol. The molecule has 0 unspecified atom stereocenters. The normalized spacial score (nSPS) is 16.5.